The van der Waals surface area contributed by atoms with Gasteiger partial charge in [0.1, 0.15) is 12.4 Å². The molecule has 0 aromatic heterocycles. The molecule has 1 amide bonds. The highest BCUT2D eigenvalue weighted by atomic mass is 35.5. The lowest BCUT2D eigenvalue weighted by Crippen LogP contribution is -2.22. The fraction of sp³-hybridized carbons (Fsp3) is 0.118. The smallest absolute Gasteiger partial charge is 0.251 e. The molecule has 0 atom stereocenters. The van der Waals surface area contributed by atoms with E-state index in [0.717, 1.165) is 5.56 Å². The summed E-state index contributed by atoms with van der Waals surface area (Å²) >= 11 is 5.82. The molecule has 0 unspecified atom stereocenters. The Balaban J connectivity index is 1.90. The van der Waals surface area contributed by atoms with Crippen LogP contribution in [0.1, 0.15) is 15.9 Å². The lowest BCUT2D eigenvalue weighted by molar-refractivity contribution is 0.0951. The summed E-state index contributed by atoms with van der Waals surface area (Å²) < 4.78 is 5.37. The first-order valence-electron chi connectivity index (χ1n) is 6.55. The van der Waals surface area contributed by atoms with Crippen molar-refractivity contribution in [1.82, 2.24) is 5.32 Å². The minimum Gasteiger partial charge on any atom is -0.490 e. The number of halogens is 1. The van der Waals surface area contributed by atoms with Crippen LogP contribution < -0.4 is 10.1 Å². The molecule has 4 heteroatoms. The largest absolute Gasteiger partial charge is 0.490 e. The predicted octanol–water partition coefficient (Wildman–Crippen LogP) is 3.83. The van der Waals surface area contributed by atoms with Gasteiger partial charge in [0, 0.05) is 17.1 Å². The van der Waals surface area contributed by atoms with Gasteiger partial charge in [-0.15, -0.1) is 0 Å². The van der Waals surface area contributed by atoms with Gasteiger partial charge in [-0.05, 0) is 42.0 Å². The minimum absolute atomic E-state index is 0.125. The van der Waals surface area contributed by atoms with Gasteiger partial charge in [0.2, 0.25) is 0 Å². The predicted molar refractivity (Wildman–Crippen MR) is 84.8 cm³/mol. The van der Waals surface area contributed by atoms with Crippen molar-refractivity contribution >= 4 is 17.5 Å². The molecule has 0 fully saturated rings. The third kappa shape index (κ3) is 4.65. The normalized spacial score (nSPS) is 9.95. The van der Waals surface area contributed by atoms with Crippen LogP contribution in [0.2, 0.25) is 5.02 Å². The SMILES string of the molecule is C=CCOc1ccc(C(=O)NCc2ccc(Cl)cc2)cc1. The first-order valence-corrected chi connectivity index (χ1v) is 6.93. The molecule has 2 aromatic carbocycles. The molecule has 0 spiro atoms. The van der Waals surface area contributed by atoms with Gasteiger partial charge in [0.25, 0.3) is 5.91 Å². The van der Waals surface area contributed by atoms with Crippen molar-refractivity contribution in [2.45, 2.75) is 6.54 Å². The number of ether oxygens (including phenoxy) is 1. The van der Waals surface area contributed by atoms with E-state index >= 15 is 0 Å². The van der Waals surface area contributed by atoms with Gasteiger partial charge in [0.05, 0.1) is 0 Å². The summed E-state index contributed by atoms with van der Waals surface area (Å²) in [5.41, 5.74) is 1.59. The van der Waals surface area contributed by atoms with Gasteiger partial charge < -0.3 is 10.1 Å². The molecule has 0 saturated heterocycles. The fourth-order valence-electron chi connectivity index (χ4n) is 1.74. The van der Waals surface area contributed by atoms with Crippen LogP contribution in [0.5, 0.6) is 5.75 Å². The van der Waals surface area contributed by atoms with E-state index in [2.05, 4.69) is 11.9 Å². The van der Waals surface area contributed by atoms with E-state index in [9.17, 15) is 4.79 Å². The summed E-state index contributed by atoms with van der Waals surface area (Å²) in [6.45, 7) is 4.49. The molecule has 0 heterocycles. The maximum atomic E-state index is 12.0. The third-order valence-electron chi connectivity index (χ3n) is 2.85. The zero-order valence-electron chi connectivity index (χ0n) is 11.5. The second kappa shape index (κ2) is 7.50. The van der Waals surface area contributed by atoms with Gasteiger partial charge >= 0.3 is 0 Å². The molecule has 1 N–H and O–H groups in total. The second-order valence-corrected chi connectivity index (χ2v) is 4.87. The number of benzene rings is 2. The summed E-state index contributed by atoms with van der Waals surface area (Å²) in [6.07, 6.45) is 1.67. The lowest BCUT2D eigenvalue weighted by Gasteiger charge is -2.07. The topological polar surface area (TPSA) is 38.3 Å². The molecular weight excluding hydrogens is 286 g/mol. The first-order chi connectivity index (χ1) is 10.2. The Hall–Kier alpha value is -2.26. The number of amides is 1. The van der Waals surface area contributed by atoms with Gasteiger partial charge in [-0.1, -0.05) is 36.4 Å². The Labute approximate surface area is 129 Å². The molecule has 0 aliphatic heterocycles. The van der Waals surface area contributed by atoms with Crippen molar-refractivity contribution < 1.29 is 9.53 Å². The van der Waals surface area contributed by atoms with Crippen molar-refractivity contribution in [3.63, 3.8) is 0 Å². The summed E-state index contributed by atoms with van der Waals surface area (Å²) in [5, 5.41) is 3.54. The molecule has 0 radical (unpaired) electrons. The van der Waals surface area contributed by atoms with Crippen molar-refractivity contribution in [2.24, 2.45) is 0 Å². The van der Waals surface area contributed by atoms with Crippen LogP contribution in [0.15, 0.2) is 61.2 Å². The van der Waals surface area contributed by atoms with Gasteiger partial charge in [-0.2, -0.15) is 0 Å². The highest BCUT2D eigenvalue weighted by Gasteiger charge is 2.05. The van der Waals surface area contributed by atoms with Crippen molar-refractivity contribution in [2.75, 3.05) is 6.61 Å². The number of rotatable bonds is 6. The van der Waals surface area contributed by atoms with Crippen molar-refractivity contribution in [3.05, 3.63) is 77.3 Å². The highest BCUT2D eigenvalue weighted by molar-refractivity contribution is 6.30. The Kier molecular flexibility index (Phi) is 5.41. The maximum absolute atomic E-state index is 12.0. The quantitative estimate of drug-likeness (QED) is 0.823. The average Bonchev–Trinajstić information content (AvgIpc) is 2.52. The molecular formula is C17H16ClNO2. The van der Waals surface area contributed by atoms with Crippen LogP contribution in [0, 0.1) is 0 Å². The fourth-order valence-corrected chi connectivity index (χ4v) is 1.87. The van der Waals surface area contributed by atoms with Crippen LogP contribution in [0.25, 0.3) is 0 Å². The van der Waals surface area contributed by atoms with Crippen molar-refractivity contribution in [3.8, 4) is 5.75 Å². The van der Waals surface area contributed by atoms with Gasteiger partial charge in [-0.3, -0.25) is 4.79 Å². The van der Waals surface area contributed by atoms with Gasteiger partial charge in [0.15, 0.2) is 0 Å². The Morgan fingerprint density at radius 3 is 2.43 bits per heavy atom. The van der Waals surface area contributed by atoms with E-state index in [1.165, 1.54) is 0 Å². The first kappa shape index (κ1) is 15.1. The monoisotopic (exact) mass is 301 g/mol. The zero-order valence-corrected chi connectivity index (χ0v) is 12.3. The number of carbonyl (C=O) groups is 1. The molecule has 108 valence electrons. The average molecular weight is 302 g/mol. The van der Waals surface area contributed by atoms with E-state index in [-0.39, 0.29) is 5.91 Å². The van der Waals surface area contributed by atoms with Crippen LogP contribution in [-0.2, 0) is 6.54 Å². The molecule has 0 bridgehead atoms. The van der Waals surface area contributed by atoms with Crippen LogP contribution in [0.3, 0.4) is 0 Å². The standard InChI is InChI=1S/C17H16ClNO2/c1-2-11-21-16-9-5-14(6-10-16)17(20)19-12-13-3-7-15(18)8-4-13/h2-10H,1,11-12H2,(H,19,20). The molecule has 0 aliphatic rings. The van der Waals surface area contributed by atoms with Gasteiger partial charge in [-0.25, -0.2) is 0 Å². The van der Waals surface area contributed by atoms with Crippen LogP contribution in [-0.4, -0.2) is 12.5 Å². The molecule has 0 saturated carbocycles. The molecule has 3 nitrogen and oxygen atoms in total. The third-order valence-corrected chi connectivity index (χ3v) is 3.10. The summed E-state index contributed by atoms with van der Waals surface area (Å²) in [4.78, 5) is 12.0. The molecule has 0 aliphatic carbocycles. The van der Waals surface area contributed by atoms with E-state index in [1.807, 2.05) is 12.1 Å². The van der Waals surface area contributed by atoms with E-state index in [0.29, 0.717) is 29.5 Å². The Bertz CT molecular complexity index is 606. The number of nitrogens with one attached hydrogen (secondary N) is 1. The summed E-state index contributed by atoms with van der Waals surface area (Å²) in [5.74, 6) is 0.587. The highest BCUT2D eigenvalue weighted by Crippen LogP contribution is 2.13. The van der Waals surface area contributed by atoms with E-state index in [4.69, 9.17) is 16.3 Å². The van der Waals surface area contributed by atoms with E-state index < -0.39 is 0 Å². The molecule has 21 heavy (non-hydrogen) atoms. The summed E-state index contributed by atoms with van der Waals surface area (Å²) in [7, 11) is 0. The molecule has 2 rings (SSSR count). The zero-order chi connectivity index (χ0) is 15.1. The van der Waals surface area contributed by atoms with E-state index in [1.54, 1.807) is 42.5 Å². The van der Waals surface area contributed by atoms with Crippen LogP contribution >= 0.6 is 11.6 Å². The van der Waals surface area contributed by atoms with Crippen molar-refractivity contribution in [1.29, 1.82) is 0 Å². The van der Waals surface area contributed by atoms with Crippen LogP contribution in [0.4, 0.5) is 0 Å². The maximum Gasteiger partial charge on any atom is 0.251 e. The number of hydrogen-bond acceptors (Lipinski definition) is 2. The second-order valence-electron chi connectivity index (χ2n) is 4.43. The lowest BCUT2D eigenvalue weighted by atomic mass is 10.2. The Morgan fingerprint density at radius 2 is 1.81 bits per heavy atom. The number of carbonyl (C=O) groups excluding carboxylic acids is 1. The number of hydrogen-bond donors (Lipinski definition) is 1. The molecule has 2 aromatic rings. The Morgan fingerprint density at radius 1 is 1.14 bits per heavy atom. The minimum atomic E-state index is -0.125. The summed E-state index contributed by atoms with van der Waals surface area (Å²) in [6, 6.07) is 14.4.